The average Bonchev–Trinajstić information content (AvgIpc) is 2.40. The summed E-state index contributed by atoms with van der Waals surface area (Å²) in [5.41, 5.74) is 1.45. The van der Waals surface area contributed by atoms with Gasteiger partial charge in [0, 0.05) is 12.2 Å². The first-order valence-electron chi connectivity index (χ1n) is 7.02. The lowest BCUT2D eigenvalue weighted by Gasteiger charge is -2.49. The summed E-state index contributed by atoms with van der Waals surface area (Å²) in [5, 5.41) is 3.40. The highest BCUT2D eigenvalue weighted by molar-refractivity contribution is 5.22. The molecule has 1 aliphatic heterocycles. The van der Waals surface area contributed by atoms with Crippen LogP contribution in [0.2, 0.25) is 0 Å². The van der Waals surface area contributed by atoms with Crippen LogP contribution in [0.15, 0.2) is 24.4 Å². The first-order valence-corrected chi connectivity index (χ1v) is 7.02. The van der Waals surface area contributed by atoms with Crippen molar-refractivity contribution in [2.45, 2.75) is 37.1 Å². The molecule has 0 atom stereocenters. The average molecular weight is 246 g/mol. The van der Waals surface area contributed by atoms with Gasteiger partial charge in [-0.1, -0.05) is 6.07 Å². The van der Waals surface area contributed by atoms with Gasteiger partial charge in [-0.05, 0) is 50.8 Å². The van der Waals surface area contributed by atoms with Crippen molar-refractivity contribution in [3.8, 4) is 0 Å². The van der Waals surface area contributed by atoms with Crippen molar-refractivity contribution in [1.82, 2.24) is 10.3 Å². The van der Waals surface area contributed by atoms with Gasteiger partial charge in [0.2, 0.25) is 0 Å². The molecule has 1 N–H and O–H groups in total. The number of aromatic nitrogens is 1. The lowest BCUT2D eigenvalue weighted by Crippen LogP contribution is -2.54. The molecule has 18 heavy (non-hydrogen) atoms. The molecule has 0 radical (unpaired) electrons. The maximum Gasteiger partial charge on any atom is 0.0621 e. The highest BCUT2D eigenvalue weighted by Crippen LogP contribution is 2.45. The van der Waals surface area contributed by atoms with E-state index in [1.54, 1.807) is 0 Å². The minimum Gasteiger partial charge on any atom is -0.379 e. The molecular weight excluding hydrogens is 224 g/mol. The molecule has 98 valence electrons. The van der Waals surface area contributed by atoms with Crippen LogP contribution in [-0.4, -0.2) is 31.3 Å². The van der Waals surface area contributed by atoms with Gasteiger partial charge in [0.25, 0.3) is 0 Å². The Morgan fingerprint density at radius 1 is 1.22 bits per heavy atom. The molecule has 2 aliphatic rings. The smallest absolute Gasteiger partial charge is 0.0621 e. The zero-order valence-electron chi connectivity index (χ0n) is 11.1. The molecule has 2 fully saturated rings. The summed E-state index contributed by atoms with van der Waals surface area (Å²) in [6.45, 7) is 1.72. The summed E-state index contributed by atoms with van der Waals surface area (Å²) in [4.78, 5) is 4.59. The second-order valence-corrected chi connectivity index (χ2v) is 5.70. The highest BCUT2D eigenvalue weighted by Gasteiger charge is 2.48. The maximum absolute atomic E-state index is 5.54. The van der Waals surface area contributed by atoms with E-state index in [9.17, 15) is 0 Å². The van der Waals surface area contributed by atoms with Crippen molar-refractivity contribution in [2.75, 3.05) is 20.3 Å². The van der Waals surface area contributed by atoms with E-state index in [2.05, 4.69) is 29.5 Å². The molecule has 3 nitrogen and oxygen atoms in total. The van der Waals surface area contributed by atoms with Crippen LogP contribution >= 0.6 is 0 Å². The maximum atomic E-state index is 5.54. The van der Waals surface area contributed by atoms with Gasteiger partial charge in [0.05, 0.1) is 24.3 Å². The van der Waals surface area contributed by atoms with E-state index in [0.717, 1.165) is 19.1 Å². The molecule has 0 amide bonds. The zero-order chi connectivity index (χ0) is 12.4. The third-order valence-electron chi connectivity index (χ3n) is 4.81. The van der Waals surface area contributed by atoms with Gasteiger partial charge in [-0.2, -0.15) is 0 Å². The van der Waals surface area contributed by atoms with Crippen molar-refractivity contribution in [3.63, 3.8) is 0 Å². The Morgan fingerprint density at radius 3 is 2.50 bits per heavy atom. The number of hydrogen-bond donors (Lipinski definition) is 1. The fraction of sp³-hybridized carbons (Fsp3) is 0.667. The monoisotopic (exact) mass is 246 g/mol. The molecule has 3 rings (SSSR count). The fourth-order valence-corrected chi connectivity index (χ4v) is 3.51. The van der Waals surface area contributed by atoms with Gasteiger partial charge in [-0.15, -0.1) is 0 Å². The summed E-state index contributed by atoms with van der Waals surface area (Å²) in [7, 11) is 2.08. The molecule has 0 bridgehead atoms. The third kappa shape index (κ3) is 1.95. The zero-order valence-corrected chi connectivity index (χ0v) is 11.1. The molecule has 1 aromatic rings. The predicted molar refractivity (Wildman–Crippen MR) is 71.5 cm³/mol. The molecule has 2 heterocycles. The van der Waals surface area contributed by atoms with Crippen LogP contribution in [0.3, 0.4) is 0 Å². The molecule has 3 heteroatoms. The number of hydrogen-bond acceptors (Lipinski definition) is 3. The SMILES string of the molecule is CNC1CCC(C2(c3ccccn3)COC2)CC1. The van der Waals surface area contributed by atoms with Crippen LogP contribution in [0.25, 0.3) is 0 Å². The van der Waals surface area contributed by atoms with Gasteiger partial charge < -0.3 is 10.1 Å². The van der Waals surface area contributed by atoms with Crippen molar-refractivity contribution >= 4 is 0 Å². The number of nitrogens with zero attached hydrogens (tertiary/aromatic N) is 1. The van der Waals surface area contributed by atoms with E-state index in [1.165, 1.54) is 31.4 Å². The van der Waals surface area contributed by atoms with Crippen LogP contribution in [0, 0.1) is 5.92 Å². The van der Waals surface area contributed by atoms with E-state index < -0.39 is 0 Å². The van der Waals surface area contributed by atoms with Crippen molar-refractivity contribution in [2.24, 2.45) is 5.92 Å². The normalized spacial score (nSPS) is 30.7. The predicted octanol–water partition coefficient (Wildman–Crippen LogP) is 2.13. The molecule has 0 spiro atoms. The minimum absolute atomic E-state index is 0.208. The summed E-state index contributed by atoms with van der Waals surface area (Å²) in [6.07, 6.45) is 7.08. The van der Waals surface area contributed by atoms with Crippen LogP contribution in [-0.2, 0) is 10.2 Å². The fourth-order valence-electron chi connectivity index (χ4n) is 3.51. The second-order valence-electron chi connectivity index (χ2n) is 5.70. The first-order chi connectivity index (χ1) is 8.85. The van der Waals surface area contributed by atoms with Crippen molar-refractivity contribution < 1.29 is 4.74 Å². The quantitative estimate of drug-likeness (QED) is 0.887. The Bertz CT molecular complexity index is 381. The van der Waals surface area contributed by atoms with Crippen molar-refractivity contribution in [3.05, 3.63) is 30.1 Å². The Balaban J connectivity index is 1.77. The van der Waals surface area contributed by atoms with Gasteiger partial charge in [0.1, 0.15) is 0 Å². The van der Waals surface area contributed by atoms with Crippen LogP contribution in [0.5, 0.6) is 0 Å². The van der Waals surface area contributed by atoms with E-state index in [-0.39, 0.29) is 5.41 Å². The van der Waals surface area contributed by atoms with Gasteiger partial charge in [0.15, 0.2) is 0 Å². The number of ether oxygens (including phenoxy) is 1. The Hall–Kier alpha value is -0.930. The molecule has 1 aliphatic carbocycles. The van der Waals surface area contributed by atoms with E-state index in [0.29, 0.717) is 6.04 Å². The highest BCUT2D eigenvalue weighted by atomic mass is 16.5. The van der Waals surface area contributed by atoms with Gasteiger partial charge >= 0.3 is 0 Å². The molecule has 0 aromatic carbocycles. The topological polar surface area (TPSA) is 34.2 Å². The lowest BCUT2D eigenvalue weighted by molar-refractivity contribution is -0.101. The van der Waals surface area contributed by atoms with E-state index >= 15 is 0 Å². The van der Waals surface area contributed by atoms with Crippen molar-refractivity contribution in [1.29, 1.82) is 0 Å². The van der Waals surface area contributed by atoms with E-state index in [4.69, 9.17) is 4.74 Å². The summed E-state index contributed by atoms with van der Waals surface area (Å²) in [6, 6.07) is 6.98. The molecule has 1 aromatic heterocycles. The first kappa shape index (κ1) is 12.1. The standard InChI is InChI=1S/C15H22N2O/c1-16-13-7-5-12(6-8-13)15(10-18-11-15)14-4-2-3-9-17-14/h2-4,9,12-13,16H,5-8,10-11H2,1H3. The lowest BCUT2D eigenvalue weighted by atomic mass is 9.65. The number of pyridine rings is 1. The van der Waals surface area contributed by atoms with E-state index in [1.807, 2.05) is 12.3 Å². The number of nitrogens with one attached hydrogen (secondary N) is 1. The molecule has 1 saturated heterocycles. The summed E-state index contributed by atoms with van der Waals surface area (Å²) >= 11 is 0. The Morgan fingerprint density at radius 2 is 2.00 bits per heavy atom. The summed E-state index contributed by atoms with van der Waals surface area (Å²) < 4.78 is 5.54. The third-order valence-corrected chi connectivity index (χ3v) is 4.81. The van der Waals surface area contributed by atoms with Crippen LogP contribution in [0.1, 0.15) is 31.4 Å². The van der Waals surface area contributed by atoms with Crippen LogP contribution < -0.4 is 5.32 Å². The summed E-state index contributed by atoms with van der Waals surface area (Å²) in [5.74, 6) is 0.741. The Kier molecular flexibility index (Phi) is 3.35. The molecular formula is C15H22N2O. The minimum atomic E-state index is 0.208. The number of rotatable bonds is 3. The largest absolute Gasteiger partial charge is 0.379 e. The van der Waals surface area contributed by atoms with Gasteiger partial charge in [-0.3, -0.25) is 4.98 Å². The van der Waals surface area contributed by atoms with Gasteiger partial charge in [-0.25, -0.2) is 0 Å². The van der Waals surface area contributed by atoms with Crippen LogP contribution in [0.4, 0.5) is 0 Å². The second kappa shape index (κ2) is 4.98. The molecule has 1 saturated carbocycles. The Labute approximate surface area is 109 Å². The molecule has 0 unspecified atom stereocenters.